The molecule has 26 nitrogen and oxygen atoms in total. The third kappa shape index (κ3) is 34.3. The lowest BCUT2D eigenvalue weighted by atomic mass is 9.81. The largest absolute Gasteiger partial charge is 0.480 e. The number of nitrogens with one attached hydrogen (secondary N) is 5. The molecule has 18 rings (SSSR count). The number of aliphatic hydroxyl groups is 1. The van der Waals surface area contributed by atoms with Crippen LogP contribution in [0.3, 0.4) is 0 Å². The maximum absolute atomic E-state index is 13.4. The predicted octanol–water partition coefficient (Wildman–Crippen LogP) is 21.9. The number of ketones is 1. The SMILES string of the molecule is C1CCOC1.Cc1cccc(C(=O)N[C@@H](C(=O)N2CCC3(CC2)COC(=O)N3c2ccccc2)C(C)C)c1.Cc1cccc(C(=O)N[C@@H](C(=O)O)C(C)C)c1.Cl.Cl.Nc1ccccc1.O=C(O)C1(Nc2ccccc2)CCCCC1.O=C1CCCCC1.O=C1OCC2(CCCCC2)N1c1ccccc1.O=C1OCC2(CCNCC2)N1c1ccccc1.OCC1(Nc2ccccc2)CCCCC1.[2H]CI. The second-order valence-corrected chi connectivity index (χ2v) is 37.2. The standard InChI is InChI=1S/C26H31N3O4.C14H17NO2.C13H16N2O2.C13H17NO3.C13H17NO2.C13H19NO.C6H7N.C6H10O.C4H8O.CH3I.2ClH/c1-18(2)22(27-23(30)20-9-7-8-19(3)16-20)24(31)28-14-12-26(13-15-28)17-33-25(32)29(26)21-10-5-4-6-11-21;16-13-15(12-7-3-1-4-8-12)14(11-17-13)9-5-2-6-10-14;16-12-15(11-4-2-1-3-5-11)13(10-17-12)6-8-14-9-7-13;1-8(2)11(13(16)17)14-12(15)10-6-4-5-9(3)7-10;15-12(16)13(9-5-2-6-10-13)14-11-7-3-1-4-8-11;15-11-13(9-5-2-6-10-13)14-12-7-3-1-4-8-12;2*7-6-4-2-1-3-5-6;1-2-4-5-3-1;1-2;;/h4-11,16,18,22H,12-15,17H2,1-3H3,(H,27,30);1,3-4,7-8H,2,5-6,9-11H2;1-5,14H,6-10H2;4-8,11H,1-3H3,(H,14,15)(H,16,17);1,3-4,7-8,14H,2,5-6,9-10H2,(H,15,16);1,3-4,7-8,14-15H,2,5-6,9-11H2;1-5H,7H2;1-5H2;1-4H2;1H3;2*1H/t22-;;;11-;;;;;;;;/m1..1......../s1/i;;;;;;;;;1D;;. The summed E-state index contributed by atoms with van der Waals surface area (Å²) in [6, 6.07) is 71.4. The molecule has 8 aromatic rings. The van der Waals surface area contributed by atoms with E-state index in [4.69, 9.17) is 31.2 Å². The maximum Gasteiger partial charge on any atom is 0.415 e. The number of likely N-dealkylation sites (tertiary alicyclic amines) is 1. The predicted molar refractivity (Wildman–Crippen MR) is 562 cm³/mol. The first-order valence-corrected chi connectivity index (χ1v) is 50.0. The minimum absolute atomic E-state index is 0. The van der Waals surface area contributed by atoms with Crippen molar-refractivity contribution >= 4 is 135 Å². The second kappa shape index (κ2) is 58.9. The lowest BCUT2D eigenvalue weighted by Crippen LogP contribution is -2.59. The molecule has 6 heterocycles. The van der Waals surface area contributed by atoms with Crippen molar-refractivity contribution in [2.45, 2.75) is 248 Å². The van der Waals surface area contributed by atoms with E-state index in [-0.39, 0.29) is 95.9 Å². The number of nitrogens with zero attached hydrogens (tertiary/aromatic N) is 4. The van der Waals surface area contributed by atoms with Gasteiger partial charge in [-0.3, -0.25) is 33.9 Å². The van der Waals surface area contributed by atoms with Gasteiger partial charge in [-0.05, 0) is 231 Å². The van der Waals surface area contributed by atoms with E-state index in [9.17, 15) is 53.4 Å². The first kappa shape index (κ1) is 112. The topological polar surface area (TPSA) is 350 Å². The number of para-hydroxylation sites is 6. The van der Waals surface area contributed by atoms with Crippen molar-refractivity contribution in [2.75, 3.05) is 102 Å². The lowest BCUT2D eigenvalue weighted by molar-refractivity contribution is -0.143. The number of carboxylic acid groups (broad SMARTS) is 2. The third-order valence-corrected chi connectivity index (χ3v) is 26.3. The summed E-state index contributed by atoms with van der Waals surface area (Å²) in [5, 5.41) is 43.4. The van der Waals surface area contributed by atoms with Gasteiger partial charge in [0.05, 0.1) is 28.8 Å². The molecule has 29 heteroatoms. The zero-order valence-corrected chi connectivity index (χ0v) is 84.9. The first-order valence-electron chi connectivity index (χ1n) is 49.1. The number of hydrogen-bond donors (Lipinski definition) is 9. The highest BCUT2D eigenvalue weighted by molar-refractivity contribution is 14.1. The van der Waals surface area contributed by atoms with Gasteiger partial charge in [-0.15, -0.1) is 24.8 Å². The fourth-order valence-electron chi connectivity index (χ4n) is 18.7. The molecule has 6 saturated heterocycles. The zero-order valence-electron chi connectivity index (χ0n) is 82.1. The van der Waals surface area contributed by atoms with Crippen LogP contribution < -0.4 is 47.0 Å². The average molecular weight is 2050 g/mol. The van der Waals surface area contributed by atoms with Crippen LogP contribution in [0.15, 0.2) is 231 Å². The third-order valence-electron chi connectivity index (χ3n) is 26.3. The van der Waals surface area contributed by atoms with E-state index in [0.717, 1.165) is 168 Å². The van der Waals surface area contributed by atoms with Crippen LogP contribution in [0.4, 0.5) is 48.5 Å². The Kier molecular flexibility index (Phi) is 48.0. The monoisotopic (exact) mass is 2050 g/mol. The molecule has 0 radical (unpaired) electrons. The summed E-state index contributed by atoms with van der Waals surface area (Å²) in [5.74, 6) is -2.17. The highest BCUT2D eigenvalue weighted by Gasteiger charge is 2.53. The van der Waals surface area contributed by atoms with Crippen LogP contribution in [0.1, 0.15) is 228 Å². The highest BCUT2D eigenvalue weighted by Crippen LogP contribution is 2.43. The highest BCUT2D eigenvalue weighted by atomic mass is 127. The molecule has 10 N–H and O–H groups in total. The fraction of sp³-hybridized carbons (Fsp3) is 0.477. The van der Waals surface area contributed by atoms with Gasteiger partial charge in [0.2, 0.25) is 5.91 Å². The van der Waals surface area contributed by atoms with E-state index in [1.54, 1.807) is 47.9 Å². The second-order valence-electron chi connectivity index (χ2n) is 37.2. The van der Waals surface area contributed by atoms with Crippen LogP contribution in [0, 0.1) is 25.7 Å². The number of halogens is 3. The number of cyclic esters (lactones) is 3. The fourth-order valence-corrected chi connectivity index (χ4v) is 18.7. The number of benzene rings is 8. The number of aliphatic hydroxyl groups excluding tert-OH is 1. The molecule has 4 aliphatic carbocycles. The number of carbonyl (C=O) groups is 9. The van der Waals surface area contributed by atoms with Crippen molar-refractivity contribution in [3.8, 4) is 0 Å². The molecule has 6 aliphatic heterocycles. The van der Waals surface area contributed by atoms with Crippen molar-refractivity contribution < 1.29 is 78.8 Å². The summed E-state index contributed by atoms with van der Waals surface area (Å²) in [4.78, 5) is 115. The number of ether oxygens (including phenoxy) is 4. The van der Waals surface area contributed by atoms with E-state index in [2.05, 4.69) is 38.7 Å². The van der Waals surface area contributed by atoms with Gasteiger partial charge in [-0.25, -0.2) is 24.0 Å². The van der Waals surface area contributed by atoms with Crippen molar-refractivity contribution in [1.29, 1.82) is 0 Å². The molecule has 10 fully saturated rings. The van der Waals surface area contributed by atoms with Crippen LogP contribution in [-0.2, 0) is 38.1 Å². The number of carboxylic acids is 2. The van der Waals surface area contributed by atoms with Crippen LogP contribution in [0.25, 0.3) is 0 Å². The van der Waals surface area contributed by atoms with Crippen molar-refractivity contribution in [1.82, 2.24) is 20.9 Å². The van der Waals surface area contributed by atoms with E-state index in [0.29, 0.717) is 67.6 Å². The molecule has 10 aliphatic rings. The molecule has 138 heavy (non-hydrogen) atoms. The van der Waals surface area contributed by atoms with Crippen molar-refractivity contribution in [3.05, 3.63) is 253 Å². The Labute approximate surface area is 843 Å². The first-order chi connectivity index (χ1) is 66.1. The molecule has 0 aromatic heterocycles. The Bertz CT molecular complexity index is 4900. The summed E-state index contributed by atoms with van der Waals surface area (Å²) < 4.78 is 27.1. The van der Waals surface area contributed by atoms with Crippen molar-refractivity contribution in [2.24, 2.45) is 11.8 Å². The van der Waals surface area contributed by atoms with Gasteiger partial charge >= 0.3 is 30.2 Å². The van der Waals surface area contributed by atoms with E-state index < -0.39 is 35.1 Å². The Balaban J connectivity index is 0.000000220. The molecule has 0 bridgehead atoms. The molecule has 3 spiro atoms. The molecule has 6 amide bonds. The molecular formula is C109H147Cl2IN10O16. The summed E-state index contributed by atoms with van der Waals surface area (Å²) in [6.07, 6.45) is 26.5. The molecular weight excluding hydrogens is 1900 g/mol. The van der Waals surface area contributed by atoms with Gasteiger partial charge in [0.25, 0.3) is 11.8 Å². The molecule has 8 aromatic carbocycles. The Hall–Kier alpha value is -10.8. The number of carbonyl (C=O) groups excluding carboxylic acids is 7. The minimum Gasteiger partial charge on any atom is -0.480 e. The van der Waals surface area contributed by atoms with Gasteiger partial charge in [0.1, 0.15) is 43.2 Å². The Morgan fingerprint density at radius 2 is 0.804 bits per heavy atom. The van der Waals surface area contributed by atoms with Crippen LogP contribution in [0.5, 0.6) is 0 Å². The zero-order chi connectivity index (χ0) is 98.5. The smallest absolute Gasteiger partial charge is 0.415 e. The average Bonchev–Trinajstić information content (AvgIpc) is 1.63. The maximum atomic E-state index is 13.4. The van der Waals surface area contributed by atoms with E-state index >= 15 is 0 Å². The summed E-state index contributed by atoms with van der Waals surface area (Å²) in [6.45, 7) is 17.7. The van der Waals surface area contributed by atoms with Crippen LogP contribution in [0.2, 0.25) is 0 Å². The quantitative estimate of drug-likeness (QED) is 0.0177. The normalized spacial score (nSPS) is 18.5. The number of hydrogen-bond acceptors (Lipinski definition) is 18. The van der Waals surface area contributed by atoms with Crippen molar-refractivity contribution in [3.63, 3.8) is 0 Å². The van der Waals surface area contributed by atoms with Crippen LogP contribution in [-0.4, -0.2) is 184 Å². The number of amides is 6. The number of aliphatic carboxylic acids is 2. The van der Waals surface area contributed by atoms with E-state index in [1.165, 1.54) is 57.8 Å². The number of piperidine rings is 2. The number of nitrogens with two attached hydrogens (primary N) is 1. The number of Topliss-reactive ketones (excluding diaryl/α,β-unsaturated/α-hetero) is 1. The van der Waals surface area contributed by atoms with Gasteiger partial charge < -0.3 is 71.5 Å². The number of rotatable bonds is 17. The Morgan fingerprint density at radius 3 is 1.14 bits per heavy atom. The number of aryl methyl sites for hydroxylation is 2. The molecule has 4 saturated carbocycles. The summed E-state index contributed by atoms with van der Waals surface area (Å²) in [5.41, 5.74) is 12.4. The number of alkyl halides is 1. The molecule has 2 atom stereocenters. The van der Waals surface area contributed by atoms with E-state index in [1.807, 2.05) is 254 Å². The molecule has 0 unspecified atom stereocenters. The van der Waals surface area contributed by atoms with Gasteiger partial charge in [0.15, 0.2) is 0 Å². The number of nitrogen functional groups attached to an aromatic ring is 1. The summed E-state index contributed by atoms with van der Waals surface area (Å²) in [7, 11) is 0. The van der Waals surface area contributed by atoms with Gasteiger partial charge in [-0.2, -0.15) is 0 Å². The molecule has 750 valence electrons. The Morgan fingerprint density at radius 1 is 0.449 bits per heavy atom. The lowest BCUT2D eigenvalue weighted by Gasteiger charge is -2.43. The van der Waals surface area contributed by atoms with Gasteiger partial charge in [0, 0.05) is 85.8 Å². The summed E-state index contributed by atoms with van der Waals surface area (Å²) >= 11 is 1.96. The van der Waals surface area contributed by atoms with Crippen LogP contribution >= 0.6 is 47.4 Å². The van der Waals surface area contributed by atoms with Gasteiger partial charge in [-0.1, -0.05) is 259 Å². The minimum atomic E-state index is -1.01. The number of anilines is 6.